The molecule has 0 bridgehead atoms. The number of nitrogens with two attached hydrogens (primary N) is 1. The molecule has 1 atom stereocenters. The lowest BCUT2D eigenvalue weighted by atomic mass is 10.1. The minimum absolute atomic E-state index is 0.396. The lowest BCUT2D eigenvalue weighted by Gasteiger charge is -2.12. The van der Waals surface area contributed by atoms with Crippen LogP contribution >= 0.6 is 0 Å². The summed E-state index contributed by atoms with van der Waals surface area (Å²) in [5.74, 6) is 1.80. The van der Waals surface area contributed by atoms with Crippen LogP contribution in [-0.2, 0) is 10.8 Å². The molecule has 0 spiro atoms. The van der Waals surface area contributed by atoms with Gasteiger partial charge in [0.2, 0.25) is 0 Å². The van der Waals surface area contributed by atoms with Crippen molar-refractivity contribution >= 4 is 10.8 Å². The fourth-order valence-corrected chi connectivity index (χ4v) is 3.54. The van der Waals surface area contributed by atoms with Gasteiger partial charge in [-0.25, -0.2) is 0 Å². The van der Waals surface area contributed by atoms with Crippen LogP contribution in [0.3, 0.4) is 0 Å². The van der Waals surface area contributed by atoms with Crippen LogP contribution in [-0.4, -0.2) is 22.3 Å². The fraction of sp³-hybridized carbons (Fsp3) is 1.00. The largest absolute Gasteiger partial charge is 0.330 e. The van der Waals surface area contributed by atoms with Gasteiger partial charge in [-0.1, -0.05) is 13.3 Å². The van der Waals surface area contributed by atoms with Crippen molar-refractivity contribution in [2.24, 2.45) is 11.1 Å². The normalized spacial score (nSPS) is 21.4. The molecule has 1 unspecified atom stereocenters. The second-order valence-electron chi connectivity index (χ2n) is 4.18. The molecule has 0 saturated heterocycles. The smallest absolute Gasteiger partial charge is 0.0291 e. The standard InChI is InChI=1S/C10H21NOS/c1-2-3-8-13(12)9-10(4-5-10)6-7-11/h2-9,11H2,1H3. The SMILES string of the molecule is CCCCS(=O)CC1(CCN)CC1. The first kappa shape index (κ1) is 11.2. The highest BCUT2D eigenvalue weighted by atomic mass is 32.2. The summed E-state index contributed by atoms with van der Waals surface area (Å²) in [7, 11) is -0.584. The zero-order valence-electron chi connectivity index (χ0n) is 8.55. The van der Waals surface area contributed by atoms with Gasteiger partial charge in [0, 0.05) is 22.3 Å². The highest BCUT2D eigenvalue weighted by Crippen LogP contribution is 2.49. The summed E-state index contributed by atoms with van der Waals surface area (Å²) in [5.41, 5.74) is 5.93. The van der Waals surface area contributed by atoms with Crippen molar-refractivity contribution in [1.82, 2.24) is 0 Å². The molecule has 1 rings (SSSR count). The average molecular weight is 203 g/mol. The van der Waals surface area contributed by atoms with Gasteiger partial charge in [0.15, 0.2) is 0 Å². The molecular formula is C10H21NOS. The van der Waals surface area contributed by atoms with E-state index in [4.69, 9.17) is 5.73 Å². The van der Waals surface area contributed by atoms with Crippen LogP contribution in [0.2, 0.25) is 0 Å². The fourth-order valence-electron chi connectivity index (χ4n) is 1.67. The van der Waals surface area contributed by atoms with Gasteiger partial charge in [0.05, 0.1) is 0 Å². The molecule has 1 fully saturated rings. The Labute approximate surface area is 83.7 Å². The number of unbranched alkanes of at least 4 members (excludes halogenated alkanes) is 1. The van der Waals surface area contributed by atoms with Crippen molar-refractivity contribution in [2.75, 3.05) is 18.1 Å². The van der Waals surface area contributed by atoms with E-state index in [1.54, 1.807) is 0 Å². The molecule has 2 nitrogen and oxygen atoms in total. The molecule has 0 aromatic heterocycles. The van der Waals surface area contributed by atoms with Crippen LogP contribution in [0.15, 0.2) is 0 Å². The second kappa shape index (κ2) is 5.11. The van der Waals surface area contributed by atoms with E-state index in [9.17, 15) is 4.21 Å². The predicted octanol–water partition coefficient (Wildman–Crippen LogP) is 1.66. The quantitative estimate of drug-likeness (QED) is 0.684. The Kier molecular flexibility index (Phi) is 4.39. The third-order valence-corrected chi connectivity index (χ3v) is 4.50. The van der Waals surface area contributed by atoms with E-state index >= 15 is 0 Å². The zero-order valence-corrected chi connectivity index (χ0v) is 9.37. The van der Waals surface area contributed by atoms with E-state index in [1.165, 1.54) is 12.8 Å². The predicted molar refractivity (Wildman–Crippen MR) is 58.1 cm³/mol. The number of hydrogen-bond acceptors (Lipinski definition) is 2. The summed E-state index contributed by atoms with van der Waals surface area (Å²) in [4.78, 5) is 0. The van der Waals surface area contributed by atoms with Gasteiger partial charge >= 0.3 is 0 Å². The van der Waals surface area contributed by atoms with Crippen LogP contribution in [0.4, 0.5) is 0 Å². The maximum Gasteiger partial charge on any atom is 0.0291 e. The summed E-state index contributed by atoms with van der Waals surface area (Å²) >= 11 is 0. The van der Waals surface area contributed by atoms with E-state index < -0.39 is 10.8 Å². The first-order chi connectivity index (χ1) is 6.22. The van der Waals surface area contributed by atoms with Crippen molar-refractivity contribution in [3.63, 3.8) is 0 Å². The Morgan fingerprint density at radius 2 is 2.15 bits per heavy atom. The number of hydrogen-bond donors (Lipinski definition) is 1. The molecule has 1 aliphatic rings. The maximum absolute atomic E-state index is 11.6. The molecule has 13 heavy (non-hydrogen) atoms. The van der Waals surface area contributed by atoms with Gasteiger partial charge < -0.3 is 5.73 Å². The first-order valence-electron chi connectivity index (χ1n) is 5.27. The van der Waals surface area contributed by atoms with Gasteiger partial charge in [-0.05, 0) is 37.6 Å². The lowest BCUT2D eigenvalue weighted by Crippen LogP contribution is -2.18. The second-order valence-corrected chi connectivity index (χ2v) is 5.76. The molecule has 0 aromatic rings. The molecule has 0 amide bonds. The molecule has 0 aliphatic heterocycles. The van der Waals surface area contributed by atoms with Crippen LogP contribution in [0.5, 0.6) is 0 Å². The molecule has 2 N–H and O–H groups in total. The maximum atomic E-state index is 11.6. The van der Waals surface area contributed by atoms with Crippen molar-refractivity contribution in [3.8, 4) is 0 Å². The topological polar surface area (TPSA) is 43.1 Å². The minimum Gasteiger partial charge on any atom is -0.330 e. The molecule has 0 radical (unpaired) electrons. The highest BCUT2D eigenvalue weighted by Gasteiger charge is 2.42. The Morgan fingerprint density at radius 1 is 1.46 bits per heavy atom. The molecule has 0 heterocycles. The third-order valence-electron chi connectivity index (χ3n) is 2.82. The van der Waals surface area contributed by atoms with Gasteiger partial charge in [-0.15, -0.1) is 0 Å². The van der Waals surface area contributed by atoms with Gasteiger partial charge in [0.1, 0.15) is 0 Å². The Morgan fingerprint density at radius 3 is 2.62 bits per heavy atom. The summed E-state index contributed by atoms with van der Waals surface area (Å²) in [6.07, 6.45) is 5.83. The molecule has 0 aromatic carbocycles. The Bertz CT molecular complexity index is 178. The molecule has 78 valence electrons. The van der Waals surface area contributed by atoms with E-state index in [-0.39, 0.29) is 0 Å². The monoisotopic (exact) mass is 203 g/mol. The van der Waals surface area contributed by atoms with E-state index in [0.717, 1.165) is 37.3 Å². The summed E-state index contributed by atoms with van der Waals surface area (Å²) in [5, 5.41) is 0. The first-order valence-corrected chi connectivity index (χ1v) is 6.76. The lowest BCUT2D eigenvalue weighted by molar-refractivity contribution is 0.528. The average Bonchev–Trinajstić information content (AvgIpc) is 2.82. The van der Waals surface area contributed by atoms with Crippen molar-refractivity contribution in [1.29, 1.82) is 0 Å². The molecular weight excluding hydrogens is 182 g/mol. The summed E-state index contributed by atoms with van der Waals surface area (Å²) in [6, 6.07) is 0. The Balaban J connectivity index is 2.19. The third kappa shape index (κ3) is 3.77. The van der Waals surface area contributed by atoms with E-state index in [2.05, 4.69) is 6.92 Å². The van der Waals surface area contributed by atoms with Crippen molar-refractivity contribution in [2.45, 2.75) is 39.0 Å². The minimum atomic E-state index is -0.584. The van der Waals surface area contributed by atoms with Gasteiger partial charge in [0.25, 0.3) is 0 Å². The summed E-state index contributed by atoms with van der Waals surface area (Å²) in [6.45, 7) is 2.90. The van der Waals surface area contributed by atoms with Crippen LogP contribution < -0.4 is 5.73 Å². The van der Waals surface area contributed by atoms with E-state index in [0.29, 0.717) is 5.41 Å². The van der Waals surface area contributed by atoms with Crippen molar-refractivity contribution < 1.29 is 4.21 Å². The van der Waals surface area contributed by atoms with Crippen LogP contribution in [0.1, 0.15) is 39.0 Å². The van der Waals surface area contributed by atoms with Gasteiger partial charge in [-0.3, -0.25) is 4.21 Å². The molecule has 1 saturated carbocycles. The molecule has 3 heteroatoms. The summed E-state index contributed by atoms with van der Waals surface area (Å²) < 4.78 is 11.6. The van der Waals surface area contributed by atoms with Gasteiger partial charge in [-0.2, -0.15) is 0 Å². The zero-order chi connectivity index (χ0) is 9.73. The van der Waals surface area contributed by atoms with Crippen LogP contribution in [0.25, 0.3) is 0 Å². The Hall–Kier alpha value is 0.110. The van der Waals surface area contributed by atoms with Crippen LogP contribution in [0, 0.1) is 5.41 Å². The highest BCUT2D eigenvalue weighted by molar-refractivity contribution is 7.85. The number of rotatable bonds is 7. The van der Waals surface area contributed by atoms with Crippen molar-refractivity contribution in [3.05, 3.63) is 0 Å². The van der Waals surface area contributed by atoms with E-state index in [1.807, 2.05) is 0 Å². The molecule has 1 aliphatic carbocycles.